The zero-order valence-corrected chi connectivity index (χ0v) is 18.6. The molecule has 0 aromatic heterocycles. The number of likely N-dealkylation sites (tertiary alicyclic amines) is 1. The van der Waals surface area contributed by atoms with Gasteiger partial charge in [0.25, 0.3) is 0 Å². The van der Waals surface area contributed by atoms with Crippen molar-refractivity contribution in [1.29, 1.82) is 0 Å². The molecule has 1 aliphatic heterocycles. The standard InChI is InChI=1S/C25H27NO7/c1-3-32-24(30)22-19(13-21(27)28)20(23(29)18-11-7-8-16(2)12-18)14-26(22)25(31)33-15-17-9-5-4-6-10-17/h4-12,19-20,22H,3,13-15H2,1-2H3,(H,27,28)/t19-,20-,22-/m0/s1. The summed E-state index contributed by atoms with van der Waals surface area (Å²) in [4.78, 5) is 51.9. The van der Waals surface area contributed by atoms with Gasteiger partial charge < -0.3 is 14.6 Å². The van der Waals surface area contributed by atoms with Gasteiger partial charge in [-0.1, -0.05) is 54.1 Å². The maximum atomic E-state index is 13.3. The fourth-order valence-corrected chi connectivity index (χ4v) is 4.18. The smallest absolute Gasteiger partial charge is 0.410 e. The molecular formula is C25H27NO7. The summed E-state index contributed by atoms with van der Waals surface area (Å²) in [5.41, 5.74) is 2.03. The fraction of sp³-hybridized carbons (Fsp3) is 0.360. The normalized spacial score (nSPS) is 19.7. The summed E-state index contributed by atoms with van der Waals surface area (Å²) in [5.74, 6) is -4.08. The van der Waals surface area contributed by atoms with Crippen molar-refractivity contribution in [2.45, 2.75) is 32.9 Å². The van der Waals surface area contributed by atoms with E-state index in [1.54, 1.807) is 49.4 Å². The highest BCUT2D eigenvalue weighted by molar-refractivity contribution is 6.00. The number of carbonyl (C=O) groups excluding carboxylic acids is 3. The molecule has 1 heterocycles. The van der Waals surface area contributed by atoms with Gasteiger partial charge >= 0.3 is 18.0 Å². The van der Waals surface area contributed by atoms with E-state index in [0.717, 1.165) is 16.0 Å². The molecular weight excluding hydrogens is 426 g/mol. The number of rotatable bonds is 8. The average Bonchev–Trinajstić information content (AvgIpc) is 3.16. The van der Waals surface area contributed by atoms with Crippen LogP contribution in [0.1, 0.15) is 34.8 Å². The monoisotopic (exact) mass is 453 g/mol. The number of hydrogen-bond acceptors (Lipinski definition) is 6. The Morgan fingerprint density at radius 3 is 2.39 bits per heavy atom. The number of benzene rings is 2. The van der Waals surface area contributed by atoms with Crippen LogP contribution in [0.4, 0.5) is 4.79 Å². The van der Waals surface area contributed by atoms with E-state index >= 15 is 0 Å². The quantitative estimate of drug-likeness (QED) is 0.481. The topological polar surface area (TPSA) is 110 Å². The van der Waals surface area contributed by atoms with Crippen LogP contribution in [0.15, 0.2) is 54.6 Å². The second-order valence-corrected chi connectivity index (χ2v) is 7.99. The number of Topliss-reactive ketones (excluding diaryl/α,β-unsaturated/α-hetero) is 1. The largest absolute Gasteiger partial charge is 0.481 e. The van der Waals surface area contributed by atoms with Gasteiger partial charge in [-0.05, 0) is 25.5 Å². The molecule has 3 atom stereocenters. The van der Waals surface area contributed by atoms with E-state index in [0.29, 0.717) is 5.56 Å². The Morgan fingerprint density at radius 2 is 1.76 bits per heavy atom. The number of hydrogen-bond donors (Lipinski definition) is 1. The van der Waals surface area contributed by atoms with E-state index in [1.165, 1.54) is 0 Å². The molecule has 1 aliphatic rings. The molecule has 0 spiro atoms. The van der Waals surface area contributed by atoms with Crippen LogP contribution in [-0.4, -0.2) is 53.0 Å². The minimum absolute atomic E-state index is 0.0220. The highest BCUT2D eigenvalue weighted by Gasteiger charge is 2.52. The fourth-order valence-electron chi connectivity index (χ4n) is 4.18. The molecule has 0 bridgehead atoms. The second-order valence-electron chi connectivity index (χ2n) is 7.99. The number of aryl methyl sites for hydroxylation is 1. The molecule has 33 heavy (non-hydrogen) atoms. The summed E-state index contributed by atoms with van der Waals surface area (Å²) >= 11 is 0. The molecule has 0 unspecified atom stereocenters. The first-order valence-corrected chi connectivity index (χ1v) is 10.8. The van der Waals surface area contributed by atoms with Gasteiger partial charge in [0.1, 0.15) is 12.6 Å². The highest BCUT2D eigenvalue weighted by Crippen LogP contribution is 2.36. The van der Waals surface area contributed by atoms with Crippen molar-refractivity contribution < 1.29 is 33.8 Å². The minimum Gasteiger partial charge on any atom is -0.481 e. The Kier molecular flexibility index (Phi) is 7.82. The van der Waals surface area contributed by atoms with Crippen molar-refractivity contribution in [3.8, 4) is 0 Å². The van der Waals surface area contributed by atoms with Crippen LogP contribution in [0.3, 0.4) is 0 Å². The first-order valence-electron chi connectivity index (χ1n) is 10.8. The van der Waals surface area contributed by atoms with Crippen LogP contribution in [-0.2, 0) is 25.7 Å². The maximum Gasteiger partial charge on any atom is 0.410 e. The number of carboxylic acid groups (broad SMARTS) is 1. The molecule has 2 aromatic rings. The van der Waals surface area contributed by atoms with Crippen LogP contribution in [0.5, 0.6) is 0 Å². The molecule has 1 fully saturated rings. The number of aliphatic carboxylic acids is 1. The van der Waals surface area contributed by atoms with Gasteiger partial charge in [0.2, 0.25) is 0 Å². The first-order chi connectivity index (χ1) is 15.8. The number of ether oxygens (including phenoxy) is 2. The van der Waals surface area contributed by atoms with Crippen LogP contribution in [0, 0.1) is 18.8 Å². The lowest BCUT2D eigenvalue weighted by atomic mass is 9.82. The van der Waals surface area contributed by atoms with Gasteiger partial charge in [-0.2, -0.15) is 0 Å². The third-order valence-electron chi connectivity index (χ3n) is 5.67. The summed E-state index contributed by atoms with van der Waals surface area (Å²) in [6.45, 7) is 3.35. The molecule has 1 saturated heterocycles. The lowest BCUT2D eigenvalue weighted by Crippen LogP contribution is -2.45. The number of ketones is 1. The third kappa shape index (κ3) is 5.77. The van der Waals surface area contributed by atoms with Crippen LogP contribution in [0.25, 0.3) is 0 Å². The van der Waals surface area contributed by atoms with Crippen molar-refractivity contribution in [2.24, 2.45) is 11.8 Å². The van der Waals surface area contributed by atoms with Crippen molar-refractivity contribution in [1.82, 2.24) is 4.90 Å². The van der Waals surface area contributed by atoms with E-state index in [2.05, 4.69) is 0 Å². The zero-order chi connectivity index (χ0) is 24.0. The van der Waals surface area contributed by atoms with Gasteiger partial charge in [0.15, 0.2) is 5.78 Å². The molecule has 1 N–H and O–H groups in total. The van der Waals surface area contributed by atoms with Gasteiger partial charge in [-0.3, -0.25) is 14.5 Å². The van der Waals surface area contributed by atoms with Gasteiger partial charge in [-0.15, -0.1) is 0 Å². The van der Waals surface area contributed by atoms with Gasteiger partial charge in [-0.25, -0.2) is 9.59 Å². The van der Waals surface area contributed by atoms with E-state index in [1.807, 2.05) is 19.1 Å². The van der Waals surface area contributed by atoms with Gasteiger partial charge in [0, 0.05) is 23.9 Å². The van der Waals surface area contributed by atoms with Crippen LogP contribution < -0.4 is 0 Å². The zero-order valence-electron chi connectivity index (χ0n) is 18.6. The molecule has 0 aliphatic carbocycles. The molecule has 0 radical (unpaired) electrons. The molecule has 174 valence electrons. The third-order valence-corrected chi connectivity index (χ3v) is 5.67. The Morgan fingerprint density at radius 1 is 1.03 bits per heavy atom. The lowest BCUT2D eigenvalue weighted by molar-refractivity contribution is -0.150. The van der Waals surface area contributed by atoms with Crippen molar-refractivity contribution >= 4 is 23.8 Å². The Labute approximate surface area is 192 Å². The molecule has 3 rings (SSSR count). The first kappa shape index (κ1) is 24.0. The van der Waals surface area contributed by atoms with Crippen LogP contribution in [0.2, 0.25) is 0 Å². The van der Waals surface area contributed by atoms with E-state index in [4.69, 9.17) is 9.47 Å². The minimum atomic E-state index is -1.23. The molecule has 2 aromatic carbocycles. The summed E-state index contributed by atoms with van der Waals surface area (Å²) in [6.07, 6.45) is -1.26. The second kappa shape index (κ2) is 10.8. The number of amides is 1. The predicted octanol–water partition coefficient (Wildman–Crippen LogP) is 3.47. The average molecular weight is 453 g/mol. The SMILES string of the molecule is CCOC(=O)[C@@H]1[C@@H](CC(=O)O)[C@@H](C(=O)c2cccc(C)c2)CN1C(=O)OCc1ccccc1. The Hall–Kier alpha value is -3.68. The van der Waals surface area contributed by atoms with Crippen LogP contribution >= 0.6 is 0 Å². The summed E-state index contributed by atoms with van der Waals surface area (Å²) in [7, 11) is 0. The highest BCUT2D eigenvalue weighted by atomic mass is 16.6. The summed E-state index contributed by atoms with van der Waals surface area (Å²) in [5, 5.41) is 9.50. The number of carbonyl (C=O) groups is 4. The molecule has 0 saturated carbocycles. The summed E-state index contributed by atoms with van der Waals surface area (Å²) < 4.78 is 10.5. The molecule has 8 nitrogen and oxygen atoms in total. The van der Waals surface area contributed by atoms with Gasteiger partial charge in [0.05, 0.1) is 13.0 Å². The number of esters is 1. The van der Waals surface area contributed by atoms with E-state index in [-0.39, 0.29) is 25.5 Å². The number of carboxylic acids is 1. The van der Waals surface area contributed by atoms with Crippen molar-refractivity contribution in [3.05, 3.63) is 71.3 Å². The van der Waals surface area contributed by atoms with Crippen molar-refractivity contribution in [2.75, 3.05) is 13.2 Å². The molecule has 8 heteroatoms. The maximum absolute atomic E-state index is 13.3. The van der Waals surface area contributed by atoms with E-state index in [9.17, 15) is 24.3 Å². The Bertz CT molecular complexity index is 1020. The summed E-state index contributed by atoms with van der Waals surface area (Å²) in [6, 6.07) is 14.7. The predicted molar refractivity (Wildman–Crippen MR) is 118 cm³/mol. The number of nitrogens with zero attached hydrogens (tertiary/aromatic N) is 1. The molecule has 1 amide bonds. The van der Waals surface area contributed by atoms with E-state index < -0.39 is 42.3 Å². The van der Waals surface area contributed by atoms with Crippen molar-refractivity contribution in [3.63, 3.8) is 0 Å². The lowest BCUT2D eigenvalue weighted by Gasteiger charge is -2.25. The Balaban J connectivity index is 1.91.